The lowest BCUT2D eigenvalue weighted by Gasteiger charge is -2.21. The Morgan fingerprint density at radius 1 is 1.50 bits per heavy atom. The van der Waals surface area contributed by atoms with E-state index in [0.29, 0.717) is 5.56 Å². The fraction of sp³-hybridized carbons (Fsp3) is 0.333. The van der Waals surface area contributed by atoms with Gasteiger partial charge in [0.05, 0.1) is 4.92 Å². The second-order valence-corrected chi connectivity index (χ2v) is 3.44. The average Bonchev–Trinajstić information content (AvgIpc) is 2.18. The van der Waals surface area contributed by atoms with E-state index in [1.807, 2.05) is 0 Å². The Bertz CT molecular complexity index is 350. The van der Waals surface area contributed by atoms with Crippen molar-refractivity contribution < 1.29 is 9.76 Å². The SMILES string of the molecule is CC(C)(ON)c1cccc([N+](=O)[O-])c1. The smallest absolute Gasteiger partial charge is 0.269 e. The van der Waals surface area contributed by atoms with Crippen molar-refractivity contribution in [1.29, 1.82) is 0 Å². The molecular weight excluding hydrogens is 184 g/mol. The first-order chi connectivity index (χ1) is 6.47. The number of hydrogen-bond acceptors (Lipinski definition) is 4. The van der Waals surface area contributed by atoms with Gasteiger partial charge in [-0.2, -0.15) is 0 Å². The van der Waals surface area contributed by atoms with Crippen LogP contribution in [0, 0.1) is 10.1 Å². The van der Waals surface area contributed by atoms with E-state index in [1.54, 1.807) is 26.0 Å². The number of nitro benzene ring substituents is 1. The summed E-state index contributed by atoms with van der Waals surface area (Å²) in [7, 11) is 0. The van der Waals surface area contributed by atoms with Crippen molar-refractivity contribution in [3.05, 3.63) is 39.9 Å². The van der Waals surface area contributed by atoms with Gasteiger partial charge in [0.2, 0.25) is 0 Å². The molecule has 1 rings (SSSR count). The van der Waals surface area contributed by atoms with Gasteiger partial charge in [-0.1, -0.05) is 12.1 Å². The summed E-state index contributed by atoms with van der Waals surface area (Å²) < 4.78 is 0. The highest BCUT2D eigenvalue weighted by Gasteiger charge is 2.22. The molecule has 0 saturated carbocycles. The monoisotopic (exact) mass is 196 g/mol. The van der Waals surface area contributed by atoms with Crippen LogP contribution in [0.2, 0.25) is 0 Å². The molecule has 5 nitrogen and oxygen atoms in total. The summed E-state index contributed by atoms with van der Waals surface area (Å²) in [5, 5.41) is 10.5. The molecule has 0 atom stereocenters. The molecule has 0 amide bonds. The number of nitrogens with two attached hydrogens (primary N) is 1. The van der Waals surface area contributed by atoms with Crippen LogP contribution >= 0.6 is 0 Å². The van der Waals surface area contributed by atoms with E-state index < -0.39 is 10.5 Å². The van der Waals surface area contributed by atoms with Crippen molar-refractivity contribution in [2.24, 2.45) is 5.90 Å². The first-order valence-electron chi connectivity index (χ1n) is 4.10. The van der Waals surface area contributed by atoms with Crippen molar-refractivity contribution in [2.45, 2.75) is 19.4 Å². The topological polar surface area (TPSA) is 78.4 Å². The Morgan fingerprint density at radius 3 is 2.64 bits per heavy atom. The zero-order valence-electron chi connectivity index (χ0n) is 8.06. The van der Waals surface area contributed by atoms with Gasteiger partial charge in [-0.05, 0) is 19.4 Å². The minimum Gasteiger partial charge on any atom is -0.294 e. The van der Waals surface area contributed by atoms with E-state index in [1.165, 1.54) is 12.1 Å². The van der Waals surface area contributed by atoms with Crippen molar-refractivity contribution >= 4 is 5.69 Å². The first kappa shape index (κ1) is 10.6. The predicted molar refractivity (Wildman–Crippen MR) is 51.4 cm³/mol. The number of rotatable bonds is 3. The van der Waals surface area contributed by atoms with Crippen LogP contribution < -0.4 is 5.90 Å². The molecule has 76 valence electrons. The van der Waals surface area contributed by atoms with Gasteiger partial charge in [-0.15, -0.1) is 0 Å². The lowest BCUT2D eigenvalue weighted by Crippen LogP contribution is -2.25. The Labute approximate surface area is 81.6 Å². The van der Waals surface area contributed by atoms with Crippen LogP contribution in [-0.2, 0) is 10.4 Å². The van der Waals surface area contributed by atoms with Gasteiger partial charge >= 0.3 is 0 Å². The van der Waals surface area contributed by atoms with E-state index >= 15 is 0 Å². The summed E-state index contributed by atoms with van der Waals surface area (Å²) in [6.45, 7) is 3.48. The van der Waals surface area contributed by atoms with E-state index in [4.69, 9.17) is 10.7 Å². The van der Waals surface area contributed by atoms with Gasteiger partial charge < -0.3 is 0 Å². The molecule has 0 unspecified atom stereocenters. The Kier molecular flexibility index (Phi) is 2.83. The Morgan fingerprint density at radius 2 is 2.14 bits per heavy atom. The minimum absolute atomic E-state index is 0.0348. The van der Waals surface area contributed by atoms with Crippen LogP contribution in [0.25, 0.3) is 0 Å². The molecule has 5 heteroatoms. The number of nitro groups is 1. The molecule has 0 spiro atoms. The van der Waals surface area contributed by atoms with Gasteiger partial charge in [0.15, 0.2) is 0 Å². The molecule has 0 saturated heterocycles. The van der Waals surface area contributed by atoms with Gasteiger partial charge in [0.25, 0.3) is 5.69 Å². The number of hydrogen-bond donors (Lipinski definition) is 1. The van der Waals surface area contributed by atoms with E-state index in [2.05, 4.69) is 0 Å². The third kappa shape index (κ3) is 2.07. The molecule has 0 aromatic heterocycles. The number of benzene rings is 1. The van der Waals surface area contributed by atoms with Crippen molar-refractivity contribution in [1.82, 2.24) is 0 Å². The van der Waals surface area contributed by atoms with Crippen LogP contribution in [-0.4, -0.2) is 4.92 Å². The second kappa shape index (κ2) is 3.73. The van der Waals surface area contributed by atoms with Crippen LogP contribution in [0.5, 0.6) is 0 Å². The highest BCUT2D eigenvalue weighted by atomic mass is 16.6. The summed E-state index contributed by atoms with van der Waals surface area (Å²) in [4.78, 5) is 14.8. The number of nitrogens with zero attached hydrogens (tertiary/aromatic N) is 1. The molecule has 1 aromatic carbocycles. The second-order valence-electron chi connectivity index (χ2n) is 3.44. The van der Waals surface area contributed by atoms with Crippen LogP contribution in [0.1, 0.15) is 19.4 Å². The molecule has 0 fully saturated rings. The lowest BCUT2D eigenvalue weighted by molar-refractivity contribution is -0.385. The molecule has 14 heavy (non-hydrogen) atoms. The normalized spacial score (nSPS) is 11.4. The van der Waals surface area contributed by atoms with E-state index in [0.717, 1.165) is 0 Å². The van der Waals surface area contributed by atoms with E-state index in [9.17, 15) is 10.1 Å². The molecule has 0 aliphatic heterocycles. The Hall–Kier alpha value is -1.46. The van der Waals surface area contributed by atoms with E-state index in [-0.39, 0.29) is 5.69 Å². The van der Waals surface area contributed by atoms with Crippen molar-refractivity contribution in [3.8, 4) is 0 Å². The van der Waals surface area contributed by atoms with Crippen molar-refractivity contribution in [3.63, 3.8) is 0 Å². The van der Waals surface area contributed by atoms with Gasteiger partial charge in [-0.3, -0.25) is 15.0 Å². The fourth-order valence-corrected chi connectivity index (χ4v) is 1.06. The van der Waals surface area contributed by atoms with Crippen LogP contribution in [0.15, 0.2) is 24.3 Å². The first-order valence-corrected chi connectivity index (χ1v) is 4.10. The molecule has 0 radical (unpaired) electrons. The highest BCUT2D eigenvalue weighted by Crippen LogP contribution is 2.25. The average molecular weight is 196 g/mol. The summed E-state index contributed by atoms with van der Waals surface area (Å²) in [6.07, 6.45) is 0. The third-order valence-electron chi connectivity index (χ3n) is 2.05. The molecule has 1 aromatic rings. The fourth-order valence-electron chi connectivity index (χ4n) is 1.06. The predicted octanol–water partition coefficient (Wildman–Crippen LogP) is 1.72. The summed E-state index contributed by atoms with van der Waals surface area (Å²) in [5.41, 5.74) is -0.00623. The largest absolute Gasteiger partial charge is 0.294 e. The third-order valence-corrected chi connectivity index (χ3v) is 2.05. The summed E-state index contributed by atoms with van der Waals surface area (Å²) in [5.74, 6) is 5.09. The zero-order chi connectivity index (χ0) is 10.8. The van der Waals surface area contributed by atoms with Gasteiger partial charge in [0, 0.05) is 12.1 Å². The highest BCUT2D eigenvalue weighted by molar-refractivity contribution is 5.36. The summed E-state index contributed by atoms with van der Waals surface area (Å²) in [6, 6.07) is 6.22. The maximum absolute atomic E-state index is 10.5. The number of non-ortho nitro benzene ring substituents is 1. The molecular formula is C9H12N2O3. The maximum atomic E-state index is 10.5. The zero-order valence-corrected chi connectivity index (χ0v) is 8.06. The lowest BCUT2D eigenvalue weighted by atomic mass is 9.98. The van der Waals surface area contributed by atoms with Crippen LogP contribution in [0.3, 0.4) is 0 Å². The van der Waals surface area contributed by atoms with Crippen LogP contribution in [0.4, 0.5) is 5.69 Å². The molecule has 2 N–H and O–H groups in total. The molecule has 0 heterocycles. The summed E-state index contributed by atoms with van der Waals surface area (Å²) >= 11 is 0. The standard InChI is InChI=1S/C9H12N2O3/c1-9(2,14-10)7-4-3-5-8(6-7)11(12)13/h3-6H,10H2,1-2H3. The van der Waals surface area contributed by atoms with Crippen molar-refractivity contribution in [2.75, 3.05) is 0 Å². The van der Waals surface area contributed by atoms with Gasteiger partial charge in [-0.25, -0.2) is 5.90 Å². The maximum Gasteiger partial charge on any atom is 0.269 e. The molecule has 0 aliphatic rings. The van der Waals surface area contributed by atoms with Gasteiger partial charge in [0.1, 0.15) is 5.60 Å². The molecule has 0 bridgehead atoms. The minimum atomic E-state index is -0.716. The molecule has 0 aliphatic carbocycles. The Balaban J connectivity index is 3.12. The quantitative estimate of drug-likeness (QED) is 0.589.